The summed E-state index contributed by atoms with van der Waals surface area (Å²) in [5.74, 6) is 0. The van der Waals surface area contributed by atoms with Gasteiger partial charge < -0.3 is 0 Å². The molecule has 0 heterocycles. The highest BCUT2D eigenvalue weighted by Gasteiger charge is 2.88. The van der Waals surface area contributed by atoms with Crippen LogP contribution in [0.2, 0.25) is 0 Å². The third-order valence-corrected chi connectivity index (χ3v) is 8.29. The smallest absolute Gasteiger partial charge is 0.298 e. The fraction of sp³-hybridized carbons (Fsp3) is 0.444. The molecule has 0 atom stereocenters. The number of benzene rings is 3. The zero-order valence-electron chi connectivity index (χ0n) is 24.7. The van der Waals surface area contributed by atoms with Gasteiger partial charge in [-0.15, -0.1) is 0 Å². The molecule has 310 valence electrons. The van der Waals surface area contributed by atoms with Crippen molar-refractivity contribution in [3.8, 4) is 0 Å². The highest BCUT2D eigenvalue weighted by molar-refractivity contribution is 6.09. The molecule has 0 aromatic heterocycles. The summed E-state index contributed by atoms with van der Waals surface area (Å²) in [7, 11) is 0. The highest BCUT2D eigenvalue weighted by atomic mass is 19.5. The highest BCUT2D eigenvalue weighted by Crippen LogP contribution is 2.68. The van der Waals surface area contributed by atoms with E-state index in [1.54, 1.807) is 0 Å². The predicted molar refractivity (Wildman–Crippen MR) is 126 cm³/mol. The Kier molecular flexibility index (Phi) is 10.1. The Morgan fingerprint density at radius 2 is 0.564 bits per heavy atom. The molecule has 28 heteroatoms. The summed E-state index contributed by atoms with van der Waals surface area (Å²) in [5, 5.41) is -13.5. The lowest BCUT2D eigenvalue weighted by Crippen LogP contribution is -2.64. The molecule has 0 N–H and O–H groups in total. The van der Waals surface area contributed by atoms with Crippen molar-refractivity contribution >= 4 is 27.8 Å². The van der Waals surface area contributed by atoms with E-state index < -0.39 is 158 Å². The van der Waals surface area contributed by atoms with Crippen LogP contribution in [-0.4, -0.2) is 61.9 Å². The first kappa shape index (κ1) is 45.4. The molecule has 0 unspecified atom stereocenters. The second-order valence-corrected chi connectivity index (χ2v) is 11.2. The Morgan fingerprint density at radius 3 is 0.818 bits per heavy atom. The van der Waals surface area contributed by atoms with Gasteiger partial charge in [0.1, 0.15) is 6.29 Å². The lowest BCUT2D eigenvalue weighted by atomic mass is 9.67. The molecule has 3 aromatic rings. The third-order valence-electron chi connectivity index (χ3n) is 8.29. The molecular weight excluding hydrogens is 853 g/mol. The maximum atomic E-state index is 14.5. The fourth-order valence-corrected chi connectivity index (χ4v) is 6.15. The summed E-state index contributed by atoms with van der Waals surface area (Å²) >= 11 is 0. The van der Waals surface area contributed by atoms with Gasteiger partial charge in [0.15, 0.2) is 0 Å². The van der Waals surface area contributed by atoms with E-state index in [1.807, 2.05) is 0 Å². The molecule has 0 amide bonds. The number of carbonyl (C=O) groups excluding carboxylic acids is 1. The van der Waals surface area contributed by atoms with Crippen LogP contribution in [0.15, 0.2) is 36.4 Å². The zero-order chi connectivity index (χ0) is 43.6. The summed E-state index contributed by atoms with van der Waals surface area (Å²) in [6, 6.07) is -7.41. The average molecular weight is 860 g/mol. The molecule has 3 rings (SSSR count). The van der Waals surface area contributed by atoms with E-state index in [9.17, 15) is 123 Å². The maximum Gasteiger partial charge on any atom is 0.416 e. The van der Waals surface area contributed by atoms with Crippen molar-refractivity contribution in [2.45, 2.75) is 71.8 Å². The molecule has 0 saturated heterocycles. The molecule has 0 bridgehead atoms. The van der Waals surface area contributed by atoms with Crippen LogP contribution in [0.25, 0.3) is 21.5 Å². The van der Waals surface area contributed by atoms with Crippen molar-refractivity contribution in [3.05, 3.63) is 58.7 Å². The minimum Gasteiger partial charge on any atom is -0.298 e. The number of fused-ring (bicyclic) bond motifs is 2. The minimum atomic E-state index is -8.23. The van der Waals surface area contributed by atoms with Gasteiger partial charge in [-0.2, -0.15) is 119 Å². The SMILES string of the molecule is O=Cc1ccc2c(C(C(F)(F)F)(C(F)(F)F)C(F)(F)F)c3cc(C(C(F)(F)F)(C(F)(F)F)C(F)(F)F)ccc3c(C(C(F)(F)F)(C(F)(F)F)C(F)(F)F)c2c1. The van der Waals surface area contributed by atoms with Gasteiger partial charge in [0.25, 0.3) is 16.2 Å². The summed E-state index contributed by atoms with van der Waals surface area (Å²) in [6.45, 7) is 0. The van der Waals surface area contributed by atoms with E-state index >= 15 is 0 Å². The van der Waals surface area contributed by atoms with Gasteiger partial charge >= 0.3 is 55.6 Å². The van der Waals surface area contributed by atoms with Crippen LogP contribution >= 0.6 is 0 Å². The minimum absolute atomic E-state index is 0.395. The van der Waals surface area contributed by atoms with Gasteiger partial charge in [0.2, 0.25) is 0 Å². The fourth-order valence-electron chi connectivity index (χ4n) is 6.15. The second-order valence-electron chi connectivity index (χ2n) is 11.2. The quantitative estimate of drug-likeness (QED) is 0.145. The van der Waals surface area contributed by atoms with Gasteiger partial charge in [-0.25, -0.2) is 0 Å². The van der Waals surface area contributed by atoms with Gasteiger partial charge in [-0.3, -0.25) is 4.79 Å². The van der Waals surface area contributed by atoms with Crippen molar-refractivity contribution < 1.29 is 123 Å². The van der Waals surface area contributed by atoms with Crippen LogP contribution in [0.4, 0.5) is 119 Å². The molecule has 3 aromatic carbocycles. The summed E-state index contributed by atoms with van der Waals surface area (Å²) in [6.07, 6.45) is -73.9. The summed E-state index contributed by atoms with van der Waals surface area (Å²) in [4.78, 5) is 11.3. The molecule has 0 spiro atoms. The lowest BCUT2D eigenvalue weighted by molar-refractivity contribution is -0.389. The average Bonchev–Trinajstić information content (AvgIpc) is 2.87. The Morgan fingerprint density at radius 1 is 0.309 bits per heavy atom. The van der Waals surface area contributed by atoms with Crippen LogP contribution < -0.4 is 0 Å². The van der Waals surface area contributed by atoms with E-state index in [2.05, 4.69) is 0 Å². The van der Waals surface area contributed by atoms with Crippen LogP contribution in [0.3, 0.4) is 0 Å². The van der Waals surface area contributed by atoms with Gasteiger partial charge in [-0.1, -0.05) is 24.3 Å². The first-order valence-electron chi connectivity index (χ1n) is 13.1. The number of carbonyl (C=O) groups is 1. The van der Waals surface area contributed by atoms with Gasteiger partial charge in [0.05, 0.1) is 0 Å². The molecule has 0 aliphatic rings. The molecule has 0 saturated carbocycles. The van der Waals surface area contributed by atoms with E-state index in [0.29, 0.717) is 0 Å². The lowest BCUT2D eigenvalue weighted by Gasteiger charge is -2.43. The number of hydrogen-bond acceptors (Lipinski definition) is 1. The van der Waals surface area contributed by atoms with Crippen molar-refractivity contribution in [3.63, 3.8) is 0 Å². The number of rotatable bonds is 4. The normalized spacial score (nSPS) is 15.6. The molecule has 0 fully saturated rings. The van der Waals surface area contributed by atoms with E-state index in [4.69, 9.17) is 0 Å². The Bertz CT molecular complexity index is 1840. The molecule has 0 aliphatic carbocycles. The Hall–Kier alpha value is -4.04. The van der Waals surface area contributed by atoms with Crippen molar-refractivity contribution in [2.24, 2.45) is 0 Å². The van der Waals surface area contributed by atoms with Crippen LogP contribution in [-0.2, 0) is 16.2 Å². The summed E-state index contributed by atoms with van der Waals surface area (Å²) in [5.41, 5.74) is -37.2. The third kappa shape index (κ3) is 5.95. The number of aldehydes is 1. The first-order chi connectivity index (χ1) is 24.0. The molecule has 1 nitrogen and oxygen atoms in total. The molecular formula is C27H7F27O. The molecule has 0 aliphatic heterocycles. The Balaban J connectivity index is 3.26. The topological polar surface area (TPSA) is 17.1 Å². The van der Waals surface area contributed by atoms with Crippen molar-refractivity contribution in [1.29, 1.82) is 0 Å². The monoisotopic (exact) mass is 860 g/mol. The standard InChI is InChI=1S/C27H7F27O/c28-19(29,30)16(20(31,32)33,21(34,35)36)9-2-4-11-13(6-9)15(18(25(46,47)48,26(49,50)51)27(52,53)54)10-3-1-8(7-55)5-12(10)14(11)17(22(37,38)39,23(40,41)42)24(43,44)45/h1-7H. The number of hydrogen-bond donors (Lipinski definition) is 0. The van der Waals surface area contributed by atoms with Gasteiger partial charge in [-0.05, 0) is 39.2 Å². The molecule has 55 heavy (non-hydrogen) atoms. The zero-order valence-corrected chi connectivity index (χ0v) is 24.7. The van der Waals surface area contributed by atoms with E-state index in [1.165, 1.54) is 0 Å². The van der Waals surface area contributed by atoms with E-state index in [0.717, 1.165) is 0 Å². The van der Waals surface area contributed by atoms with Crippen LogP contribution in [0.5, 0.6) is 0 Å². The largest absolute Gasteiger partial charge is 0.416 e. The molecule has 0 radical (unpaired) electrons. The summed E-state index contributed by atoms with van der Waals surface area (Å²) < 4.78 is 386. The first-order valence-corrected chi connectivity index (χ1v) is 13.1. The number of alkyl halides is 27. The Labute approximate surface area is 282 Å². The van der Waals surface area contributed by atoms with Crippen LogP contribution in [0, 0.1) is 0 Å². The maximum absolute atomic E-state index is 14.5. The number of halogens is 27. The predicted octanol–water partition coefficient (Wildman–Crippen LogP) is 12.6. The van der Waals surface area contributed by atoms with E-state index in [-0.39, 0.29) is 0 Å². The van der Waals surface area contributed by atoms with Crippen molar-refractivity contribution in [2.75, 3.05) is 0 Å². The van der Waals surface area contributed by atoms with Gasteiger partial charge in [0, 0.05) is 16.7 Å². The van der Waals surface area contributed by atoms with Crippen LogP contribution in [0.1, 0.15) is 27.0 Å². The van der Waals surface area contributed by atoms with Crippen molar-refractivity contribution in [1.82, 2.24) is 0 Å². The second kappa shape index (κ2) is 12.2.